The van der Waals surface area contributed by atoms with Crippen molar-refractivity contribution in [2.75, 3.05) is 33.4 Å². The summed E-state index contributed by atoms with van der Waals surface area (Å²) in [5, 5.41) is 3.44. The maximum absolute atomic E-state index is 5.59. The van der Waals surface area contributed by atoms with Crippen molar-refractivity contribution in [1.82, 2.24) is 10.2 Å². The Labute approximate surface area is 85.8 Å². The van der Waals surface area contributed by atoms with Crippen molar-refractivity contribution in [3.05, 3.63) is 0 Å². The lowest BCUT2D eigenvalue weighted by Gasteiger charge is -2.38. The average molecular weight is 196 g/mol. The van der Waals surface area contributed by atoms with Crippen molar-refractivity contribution in [3.8, 4) is 0 Å². The van der Waals surface area contributed by atoms with Gasteiger partial charge in [0, 0.05) is 31.8 Å². The molecule has 4 unspecified atom stereocenters. The molecular weight excluding hydrogens is 176 g/mol. The Morgan fingerprint density at radius 3 is 2.79 bits per heavy atom. The van der Waals surface area contributed by atoms with Gasteiger partial charge in [0.05, 0.1) is 6.61 Å². The number of hydrogen-bond acceptors (Lipinski definition) is 3. The van der Waals surface area contributed by atoms with Crippen LogP contribution in [-0.2, 0) is 4.74 Å². The average Bonchev–Trinajstić information content (AvgIpc) is 2.86. The fraction of sp³-hybridized carbons (Fsp3) is 1.00. The molecule has 3 aliphatic rings. The van der Waals surface area contributed by atoms with Gasteiger partial charge in [-0.2, -0.15) is 0 Å². The molecule has 4 atom stereocenters. The molecule has 0 radical (unpaired) electrons. The minimum atomic E-state index is 0.640. The quantitative estimate of drug-likeness (QED) is 0.688. The van der Waals surface area contributed by atoms with Crippen LogP contribution in [0.1, 0.15) is 12.8 Å². The highest BCUT2D eigenvalue weighted by molar-refractivity contribution is 5.01. The Hall–Kier alpha value is -0.120. The van der Waals surface area contributed by atoms with Crippen LogP contribution in [0.25, 0.3) is 0 Å². The zero-order chi connectivity index (χ0) is 9.54. The Kier molecular flexibility index (Phi) is 2.26. The molecule has 0 aromatic carbocycles. The van der Waals surface area contributed by atoms with Crippen molar-refractivity contribution in [2.45, 2.75) is 24.9 Å². The molecule has 3 heteroatoms. The van der Waals surface area contributed by atoms with Gasteiger partial charge < -0.3 is 10.1 Å². The molecule has 2 aliphatic heterocycles. The molecule has 0 aromatic heterocycles. The van der Waals surface area contributed by atoms with Crippen LogP contribution in [-0.4, -0.2) is 50.3 Å². The van der Waals surface area contributed by atoms with Gasteiger partial charge in [-0.05, 0) is 31.7 Å². The molecule has 3 nitrogen and oxygen atoms in total. The smallest absolute Gasteiger partial charge is 0.0637 e. The Morgan fingerprint density at radius 2 is 2.07 bits per heavy atom. The molecule has 1 saturated carbocycles. The number of piperidine rings is 1. The monoisotopic (exact) mass is 196 g/mol. The lowest BCUT2D eigenvalue weighted by molar-refractivity contribution is 0.00307. The summed E-state index contributed by atoms with van der Waals surface area (Å²) in [7, 11) is 2.08. The molecule has 3 rings (SSSR count). The van der Waals surface area contributed by atoms with Gasteiger partial charge in [-0.3, -0.25) is 4.90 Å². The van der Waals surface area contributed by atoms with Gasteiger partial charge in [0.15, 0.2) is 0 Å². The van der Waals surface area contributed by atoms with E-state index < -0.39 is 0 Å². The molecule has 14 heavy (non-hydrogen) atoms. The van der Waals surface area contributed by atoms with Gasteiger partial charge in [-0.15, -0.1) is 0 Å². The largest absolute Gasteiger partial charge is 0.380 e. The molecule has 0 bridgehead atoms. The number of fused-ring (bicyclic) bond motifs is 1. The number of likely N-dealkylation sites (N-methyl/N-ethyl adjacent to an activating group) is 1. The van der Waals surface area contributed by atoms with E-state index in [1.54, 1.807) is 0 Å². The fourth-order valence-corrected chi connectivity index (χ4v) is 3.12. The van der Waals surface area contributed by atoms with Crippen molar-refractivity contribution in [3.63, 3.8) is 0 Å². The Morgan fingerprint density at radius 1 is 1.29 bits per heavy atom. The zero-order valence-electron chi connectivity index (χ0n) is 8.91. The van der Waals surface area contributed by atoms with Crippen molar-refractivity contribution in [2.24, 2.45) is 11.8 Å². The molecular formula is C11H20N2O. The predicted octanol–water partition coefficient (Wildman–Crippen LogP) is 0.315. The Bertz CT molecular complexity index is 211. The summed E-state index contributed by atoms with van der Waals surface area (Å²) < 4.78 is 5.59. The summed E-state index contributed by atoms with van der Waals surface area (Å²) in [4.78, 5) is 2.65. The van der Waals surface area contributed by atoms with Gasteiger partial charge >= 0.3 is 0 Å². The summed E-state index contributed by atoms with van der Waals surface area (Å²) in [6.45, 7) is 4.53. The van der Waals surface area contributed by atoms with E-state index in [4.69, 9.17) is 4.74 Å². The van der Waals surface area contributed by atoms with Gasteiger partial charge in [0.2, 0.25) is 0 Å². The highest BCUT2D eigenvalue weighted by atomic mass is 16.5. The molecule has 1 aliphatic carbocycles. The molecule has 1 N–H and O–H groups in total. The van der Waals surface area contributed by atoms with E-state index in [1.807, 2.05) is 0 Å². The maximum Gasteiger partial charge on any atom is 0.0637 e. The third-order valence-electron chi connectivity index (χ3n) is 4.17. The first-order valence-electron chi connectivity index (χ1n) is 5.87. The molecule has 0 aromatic rings. The lowest BCUT2D eigenvalue weighted by atomic mass is 10.0. The first kappa shape index (κ1) is 9.13. The van der Waals surface area contributed by atoms with E-state index >= 15 is 0 Å². The third-order valence-corrected chi connectivity index (χ3v) is 4.17. The number of ether oxygens (including phenoxy) is 1. The Balaban J connectivity index is 1.63. The van der Waals surface area contributed by atoms with Crippen LogP contribution >= 0.6 is 0 Å². The van der Waals surface area contributed by atoms with Crippen LogP contribution < -0.4 is 5.32 Å². The molecule has 3 fully saturated rings. The molecule has 2 heterocycles. The normalized spacial score (nSPS) is 47.8. The SMILES string of the molecule is CNC1CCOCC1N1CC2CC2C1. The second-order valence-corrected chi connectivity index (χ2v) is 5.04. The third kappa shape index (κ3) is 1.47. The topological polar surface area (TPSA) is 24.5 Å². The minimum Gasteiger partial charge on any atom is -0.380 e. The van der Waals surface area contributed by atoms with Crippen molar-refractivity contribution in [1.29, 1.82) is 0 Å². The van der Waals surface area contributed by atoms with Crippen LogP contribution in [0.3, 0.4) is 0 Å². The van der Waals surface area contributed by atoms with Gasteiger partial charge in [-0.1, -0.05) is 0 Å². The van der Waals surface area contributed by atoms with Crippen LogP contribution in [0.2, 0.25) is 0 Å². The second-order valence-electron chi connectivity index (χ2n) is 5.04. The number of hydrogen-bond donors (Lipinski definition) is 1. The highest BCUT2D eigenvalue weighted by Crippen LogP contribution is 2.45. The maximum atomic E-state index is 5.59. The molecule has 2 saturated heterocycles. The first-order valence-corrected chi connectivity index (χ1v) is 5.87. The van der Waals surface area contributed by atoms with E-state index in [0.29, 0.717) is 12.1 Å². The summed E-state index contributed by atoms with van der Waals surface area (Å²) in [6, 6.07) is 1.29. The number of likely N-dealkylation sites (tertiary alicyclic amines) is 1. The lowest BCUT2D eigenvalue weighted by Crippen LogP contribution is -2.54. The van der Waals surface area contributed by atoms with Crippen LogP contribution in [0.15, 0.2) is 0 Å². The minimum absolute atomic E-state index is 0.640. The standard InChI is InChI=1S/C11H20N2O/c1-12-10-2-3-14-7-11(10)13-5-8-4-9(8)6-13/h8-12H,2-7H2,1H3. The molecule has 0 amide bonds. The van der Waals surface area contributed by atoms with E-state index in [0.717, 1.165) is 25.0 Å². The fourth-order valence-electron chi connectivity index (χ4n) is 3.12. The van der Waals surface area contributed by atoms with Gasteiger partial charge in [0.25, 0.3) is 0 Å². The van der Waals surface area contributed by atoms with E-state index in [-0.39, 0.29) is 0 Å². The number of rotatable bonds is 2. The summed E-state index contributed by atoms with van der Waals surface area (Å²) in [5.74, 6) is 2.07. The van der Waals surface area contributed by atoms with Crippen LogP contribution in [0.5, 0.6) is 0 Å². The van der Waals surface area contributed by atoms with Gasteiger partial charge in [-0.25, -0.2) is 0 Å². The van der Waals surface area contributed by atoms with Crippen molar-refractivity contribution < 1.29 is 4.74 Å². The number of nitrogens with zero attached hydrogens (tertiary/aromatic N) is 1. The predicted molar refractivity (Wildman–Crippen MR) is 55.2 cm³/mol. The summed E-state index contributed by atoms with van der Waals surface area (Å²) in [5.41, 5.74) is 0. The number of nitrogens with one attached hydrogen (secondary N) is 1. The zero-order valence-corrected chi connectivity index (χ0v) is 8.91. The highest BCUT2D eigenvalue weighted by Gasteiger charge is 2.48. The second kappa shape index (κ2) is 3.47. The first-order chi connectivity index (χ1) is 6.88. The van der Waals surface area contributed by atoms with Gasteiger partial charge in [0.1, 0.15) is 0 Å². The molecule has 0 spiro atoms. The molecule has 80 valence electrons. The van der Waals surface area contributed by atoms with Crippen molar-refractivity contribution >= 4 is 0 Å². The van der Waals surface area contributed by atoms with Crippen LogP contribution in [0, 0.1) is 11.8 Å². The van der Waals surface area contributed by atoms with E-state index in [2.05, 4.69) is 17.3 Å². The summed E-state index contributed by atoms with van der Waals surface area (Å²) in [6.07, 6.45) is 2.67. The summed E-state index contributed by atoms with van der Waals surface area (Å²) >= 11 is 0. The van der Waals surface area contributed by atoms with Crippen LogP contribution in [0.4, 0.5) is 0 Å². The van der Waals surface area contributed by atoms with E-state index in [9.17, 15) is 0 Å². The van der Waals surface area contributed by atoms with E-state index in [1.165, 1.54) is 25.9 Å².